The van der Waals surface area contributed by atoms with Crippen molar-refractivity contribution in [1.82, 2.24) is 0 Å². The van der Waals surface area contributed by atoms with Crippen molar-refractivity contribution in [1.29, 1.82) is 0 Å². The summed E-state index contributed by atoms with van der Waals surface area (Å²) in [5, 5.41) is 2.21. The lowest BCUT2D eigenvalue weighted by molar-refractivity contribution is 0.481. The van der Waals surface area contributed by atoms with Gasteiger partial charge in [-0.15, -0.1) is 0 Å². The third-order valence-corrected chi connectivity index (χ3v) is 5.11. The maximum atomic E-state index is 11.8. The van der Waals surface area contributed by atoms with E-state index in [4.69, 9.17) is 0 Å². The third-order valence-electron chi connectivity index (χ3n) is 4.01. The zero-order valence-electron chi connectivity index (χ0n) is 13.1. The van der Waals surface area contributed by atoms with Crippen molar-refractivity contribution in [2.24, 2.45) is 0 Å². The number of rotatable bonds is 3. The molecule has 4 heteroatoms. The number of fused-ring (bicyclic) bond motifs is 1. The Labute approximate surface area is 136 Å². The lowest BCUT2D eigenvalue weighted by Crippen LogP contribution is -2.07. The van der Waals surface area contributed by atoms with E-state index < -0.39 is 10.1 Å². The van der Waals surface area contributed by atoms with Gasteiger partial charge in [-0.25, -0.2) is 0 Å². The number of hydrogen-bond acceptors (Lipinski definition) is 2. The summed E-state index contributed by atoms with van der Waals surface area (Å²) < 4.78 is 33.2. The fraction of sp³-hybridized carbons (Fsp3) is 0.158. The van der Waals surface area contributed by atoms with Crippen LogP contribution in [0.2, 0.25) is 0 Å². The van der Waals surface area contributed by atoms with Crippen LogP contribution in [-0.2, 0) is 16.5 Å². The van der Waals surface area contributed by atoms with E-state index in [0.29, 0.717) is 17.5 Å². The Kier molecular flexibility index (Phi) is 3.96. The second-order valence-corrected chi connectivity index (χ2v) is 7.22. The first kappa shape index (κ1) is 15.7. The van der Waals surface area contributed by atoms with Gasteiger partial charge in [-0.3, -0.25) is 4.55 Å². The highest BCUT2D eigenvalue weighted by Crippen LogP contribution is 2.27. The zero-order chi connectivity index (χ0) is 16.6. The highest BCUT2D eigenvalue weighted by atomic mass is 32.2. The topological polar surface area (TPSA) is 54.4 Å². The Morgan fingerprint density at radius 2 is 1.61 bits per heavy atom. The molecule has 0 aliphatic carbocycles. The second kappa shape index (κ2) is 5.80. The van der Waals surface area contributed by atoms with Crippen molar-refractivity contribution >= 4 is 20.9 Å². The molecule has 0 bridgehead atoms. The molecular weight excluding hydrogens is 308 g/mol. The molecule has 0 amide bonds. The smallest absolute Gasteiger partial charge is 0.282 e. The van der Waals surface area contributed by atoms with Crippen LogP contribution in [0.5, 0.6) is 0 Å². The van der Waals surface area contributed by atoms with Crippen molar-refractivity contribution in [3.05, 3.63) is 76.9 Å². The fourth-order valence-electron chi connectivity index (χ4n) is 3.19. The first-order valence-corrected chi connectivity index (χ1v) is 8.84. The Balaban J connectivity index is 2.20. The first-order valence-electron chi connectivity index (χ1n) is 7.40. The average Bonchev–Trinajstić information content (AvgIpc) is 2.45. The summed E-state index contributed by atoms with van der Waals surface area (Å²) in [6.07, 6.45) is 0.457. The zero-order valence-corrected chi connectivity index (χ0v) is 13.9. The van der Waals surface area contributed by atoms with Gasteiger partial charge in [-0.2, -0.15) is 8.42 Å². The lowest BCUT2D eigenvalue weighted by atomic mass is 9.96. The molecule has 0 aromatic heterocycles. The molecule has 0 spiro atoms. The van der Waals surface area contributed by atoms with E-state index in [1.54, 1.807) is 13.0 Å². The molecule has 0 radical (unpaired) electrons. The molecule has 0 heterocycles. The van der Waals surface area contributed by atoms with Gasteiger partial charge in [0.2, 0.25) is 0 Å². The van der Waals surface area contributed by atoms with E-state index in [0.717, 1.165) is 21.9 Å². The van der Waals surface area contributed by atoms with Gasteiger partial charge in [0.1, 0.15) is 4.90 Å². The Morgan fingerprint density at radius 3 is 2.35 bits per heavy atom. The van der Waals surface area contributed by atoms with Gasteiger partial charge >= 0.3 is 0 Å². The maximum Gasteiger partial charge on any atom is 0.295 e. The van der Waals surface area contributed by atoms with Gasteiger partial charge < -0.3 is 0 Å². The molecule has 3 aromatic carbocycles. The number of aryl methyl sites for hydroxylation is 2. The van der Waals surface area contributed by atoms with Crippen LogP contribution in [0.1, 0.15) is 22.3 Å². The molecule has 1 N–H and O–H groups in total. The molecule has 3 rings (SSSR count). The van der Waals surface area contributed by atoms with E-state index >= 15 is 0 Å². The fourth-order valence-corrected chi connectivity index (χ4v) is 4.12. The van der Waals surface area contributed by atoms with Crippen LogP contribution >= 0.6 is 0 Å². The monoisotopic (exact) mass is 326 g/mol. The van der Waals surface area contributed by atoms with E-state index in [1.807, 2.05) is 55.5 Å². The highest BCUT2D eigenvalue weighted by Gasteiger charge is 2.19. The van der Waals surface area contributed by atoms with Crippen molar-refractivity contribution in [2.75, 3.05) is 0 Å². The maximum absolute atomic E-state index is 11.8. The largest absolute Gasteiger partial charge is 0.295 e. The SMILES string of the molecule is Cc1cc(C)c(S(=O)(=O)O)c(Cc2cccc3ccccc23)c1. The summed E-state index contributed by atoms with van der Waals surface area (Å²) >= 11 is 0. The van der Waals surface area contributed by atoms with Gasteiger partial charge in [0.25, 0.3) is 10.1 Å². The van der Waals surface area contributed by atoms with Crippen molar-refractivity contribution in [2.45, 2.75) is 25.2 Å². The van der Waals surface area contributed by atoms with Crippen LogP contribution in [0.4, 0.5) is 0 Å². The highest BCUT2D eigenvalue weighted by molar-refractivity contribution is 7.86. The Bertz CT molecular complexity index is 983. The first-order chi connectivity index (χ1) is 10.9. The van der Waals surface area contributed by atoms with Crippen LogP contribution in [-0.4, -0.2) is 13.0 Å². The minimum Gasteiger partial charge on any atom is -0.282 e. The van der Waals surface area contributed by atoms with Crippen LogP contribution in [0.25, 0.3) is 10.8 Å². The predicted octanol–water partition coefficient (Wildman–Crippen LogP) is 4.29. The molecule has 0 unspecified atom stereocenters. The summed E-state index contributed by atoms with van der Waals surface area (Å²) in [5.41, 5.74) is 3.22. The standard InChI is InChI=1S/C19H18O3S/c1-13-10-14(2)19(23(20,21)22)17(11-13)12-16-8-5-7-15-6-3-4-9-18(15)16/h3-11H,12H2,1-2H3,(H,20,21,22). The summed E-state index contributed by atoms with van der Waals surface area (Å²) in [6, 6.07) is 17.6. The van der Waals surface area contributed by atoms with E-state index in [-0.39, 0.29) is 4.90 Å². The van der Waals surface area contributed by atoms with Gasteiger partial charge in [-0.1, -0.05) is 60.2 Å². The molecule has 0 aliphatic rings. The van der Waals surface area contributed by atoms with E-state index in [1.165, 1.54) is 0 Å². The van der Waals surface area contributed by atoms with Crippen LogP contribution < -0.4 is 0 Å². The molecule has 3 nitrogen and oxygen atoms in total. The van der Waals surface area contributed by atoms with Crippen LogP contribution in [0.3, 0.4) is 0 Å². The summed E-state index contributed by atoms with van der Waals surface area (Å²) in [5.74, 6) is 0. The molecule has 0 aliphatic heterocycles. The van der Waals surface area contributed by atoms with Crippen molar-refractivity contribution < 1.29 is 13.0 Å². The second-order valence-electron chi connectivity index (χ2n) is 5.86. The van der Waals surface area contributed by atoms with Gasteiger partial charge in [0.05, 0.1) is 0 Å². The van der Waals surface area contributed by atoms with Gasteiger partial charge in [0, 0.05) is 0 Å². The predicted molar refractivity (Wildman–Crippen MR) is 92.5 cm³/mol. The molecule has 0 saturated heterocycles. The van der Waals surface area contributed by atoms with Crippen molar-refractivity contribution in [3.63, 3.8) is 0 Å². The summed E-state index contributed by atoms with van der Waals surface area (Å²) in [7, 11) is -4.25. The molecule has 0 atom stereocenters. The minimum absolute atomic E-state index is 0.0241. The summed E-state index contributed by atoms with van der Waals surface area (Å²) in [6.45, 7) is 3.63. The molecular formula is C19H18O3S. The van der Waals surface area contributed by atoms with E-state index in [9.17, 15) is 13.0 Å². The normalized spacial score (nSPS) is 11.8. The third kappa shape index (κ3) is 3.14. The molecule has 118 valence electrons. The average molecular weight is 326 g/mol. The summed E-state index contributed by atoms with van der Waals surface area (Å²) in [4.78, 5) is 0.0241. The minimum atomic E-state index is -4.25. The lowest BCUT2D eigenvalue weighted by Gasteiger charge is -2.13. The van der Waals surface area contributed by atoms with Crippen LogP contribution in [0.15, 0.2) is 59.5 Å². The van der Waals surface area contributed by atoms with Crippen molar-refractivity contribution in [3.8, 4) is 0 Å². The molecule has 0 fully saturated rings. The Morgan fingerprint density at radius 1 is 0.913 bits per heavy atom. The molecule has 0 saturated carbocycles. The molecule has 3 aromatic rings. The molecule has 23 heavy (non-hydrogen) atoms. The van der Waals surface area contributed by atoms with Crippen LogP contribution in [0, 0.1) is 13.8 Å². The number of hydrogen-bond donors (Lipinski definition) is 1. The van der Waals surface area contributed by atoms with Gasteiger partial charge in [0.15, 0.2) is 0 Å². The van der Waals surface area contributed by atoms with Gasteiger partial charge in [-0.05, 0) is 47.7 Å². The Hall–Kier alpha value is -2.17. The number of benzene rings is 3. The quantitative estimate of drug-likeness (QED) is 0.730. The van der Waals surface area contributed by atoms with E-state index in [2.05, 4.69) is 0 Å².